The van der Waals surface area contributed by atoms with Gasteiger partial charge in [0.05, 0.1) is 17.4 Å². The third-order valence-corrected chi connectivity index (χ3v) is 5.91. The molecule has 28 heavy (non-hydrogen) atoms. The van der Waals surface area contributed by atoms with Gasteiger partial charge in [-0.3, -0.25) is 9.20 Å². The molecular weight excluding hydrogens is 365 g/mol. The second-order valence-electron chi connectivity index (χ2n) is 7.93. The van der Waals surface area contributed by atoms with Gasteiger partial charge in [-0.15, -0.1) is 0 Å². The van der Waals surface area contributed by atoms with Gasteiger partial charge in [-0.05, 0) is 62.1 Å². The second-order valence-corrected chi connectivity index (χ2v) is 7.93. The summed E-state index contributed by atoms with van der Waals surface area (Å²) in [6.07, 6.45) is 2.38. The lowest BCUT2D eigenvalue weighted by Gasteiger charge is -2.24. The molecule has 0 amide bonds. The molecule has 7 nitrogen and oxygen atoms in total. The monoisotopic (exact) mass is 389 g/mol. The quantitative estimate of drug-likeness (QED) is 0.781. The molecule has 1 saturated carbocycles. The molecule has 150 valence electrons. The highest BCUT2D eigenvalue weighted by Crippen LogP contribution is 2.44. The van der Waals surface area contributed by atoms with Gasteiger partial charge < -0.3 is 20.5 Å². The van der Waals surface area contributed by atoms with Crippen molar-refractivity contribution in [1.29, 1.82) is 0 Å². The van der Waals surface area contributed by atoms with Gasteiger partial charge in [-0.1, -0.05) is 0 Å². The van der Waals surface area contributed by atoms with Crippen molar-refractivity contribution in [1.82, 2.24) is 4.40 Å². The minimum absolute atomic E-state index is 0.0363. The van der Waals surface area contributed by atoms with Gasteiger partial charge in [0.1, 0.15) is 0 Å². The predicted octanol–water partition coefficient (Wildman–Crippen LogP) is 2.85. The van der Waals surface area contributed by atoms with Crippen LogP contribution in [0.1, 0.15) is 43.2 Å². The number of aromatic nitrogens is 1. The molecule has 2 aliphatic rings. The standard InChI is InChI=1S/C20H24FN3O4/c1-10-17-14(12-3-4-12)7-16(28-20(26)27)19(25)24(17)9-15(21)18(10)23-6-5-13(8-23)11(2)22/h7,9,11-13H,3-6,8,22H2,1-2H3,(H,26,27)/t11?,13-/m1/s1. The Morgan fingerprint density at radius 1 is 1.39 bits per heavy atom. The van der Waals surface area contributed by atoms with E-state index in [2.05, 4.69) is 4.74 Å². The van der Waals surface area contributed by atoms with Crippen molar-refractivity contribution in [2.75, 3.05) is 18.0 Å². The van der Waals surface area contributed by atoms with Crippen LogP contribution in [0.5, 0.6) is 5.75 Å². The van der Waals surface area contributed by atoms with Gasteiger partial charge in [-0.25, -0.2) is 9.18 Å². The minimum atomic E-state index is -1.56. The van der Waals surface area contributed by atoms with E-state index in [0.717, 1.165) is 31.0 Å². The number of nitrogens with zero attached hydrogens (tertiary/aromatic N) is 2. The van der Waals surface area contributed by atoms with Crippen LogP contribution in [0.2, 0.25) is 0 Å². The fourth-order valence-electron chi connectivity index (χ4n) is 4.30. The van der Waals surface area contributed by atoms with Gasteiger partial charge in [0.2, 0.25) is 0 Å². The maximum atomic E-state index is 15.1. The Bertz CT molecular complexity index is 1010. The lowest BCUT2D eigenvalue weighted by Crippen LogP contribution is -2.30. The first-order valence-corrected chi connectivity index (χ1v) is 9.57. The van der Waals surface area contributed by atoms with Gasteiger partial charge in [-0.2, -0.15) is 0 Å². The van der Waals surface area contributed by atoms with Crippen LogP contribution in [0.25, 0.3) is 5.52 Å². The molecule has 8 heteroatoms. The number of carbonyl (C=O) groups is 1. The first-order valence-electron chi connectivity index (χ1n) is 9.57. The van der Waals surface area contributed by atoms with Crippen molar-refractivity contribution in [3.8, 4) is 5.75 Å². The van der Waals surface area contributed by atoms with Crippen molar-refractivity contribution >= 4 is 17.4 Å². The van der Waals surface area contributed by atoms with Crippen LogP contribution in [0.15, 0.2) is 17.1 Å². The molecule has 1 aliphatic heterocycles. The van der Waals surface area contributed by atoms with E-state index in [1.165, 1.54) is 10.5 Å². The summed E-state index contributed by atoms with van der Waals surface area (Å²) >= 11 is 0. The number of anilines is 1. The summed E-state index contributed by atoms with van der Waals surface area (Å²) in [6, 6.07) is 1.54. The molecule has 3 N–H and O–H groups in total. The van der Waals surface area contributed by atoms with Gasteiger partial charge >= 0.3 is 6.16 Å². The normalized spacial score (nSPS) is 20.6. The zero-order valence-corrected chi connectivity index (χ0v) is 15.9. The zero-order valence-electron chi connectivity index (χ0n) is 15.9. The van der Waals surface area contributed by atoms with Crippen LogP contribution in [-0.2, 0) is 0 Å². The number of carboxylic acid groups (broad SMARTS) is 1. The third-order valence-electron chi connectivity index (χ3n) is 5.91. The molecule has 1 unspecified atom stereocenters. The van der Waals surface area contributed by atoms with E-state index in [0.29, 0.717) is 35.8 Å². The molecule has 0 radical (unpaired) electrons. The van der Waals surface area contributed by atoms with Crippen molar-refractivity contribution < 1.29 is 19.0 Å². The Balaban J connectivity index is 1.90. The van der Waals surface area contributed by atoms with E-state index in [1.807, 2.05) is 18.7 Å². The molecular formula is C20H24FN3O4. The Kier molecular flexibility index (Phi) is 4.53. The molecule has 2 aromatic heterocycles. The lowest BCUT2D eigenvalue weighted by atomic mass is 10.0. The topological polar surface area (TPSA) is 97.3 Å². The van der Waals surface area contributed by atoms with Crippen LogP contribution in [0, 0.1) is 18.7 Å². The lowest BCUT2D eigenvalue weighted by molar-refractivity contribution is 0.143. The number of nitrogens with two attached hydrogens (primary N) is 1. The highest BCUT2D eigenvalue weighted by molar-refractivity contribution is 5.74. The van der Waals surface area contributed by atoms with Crippen LogP contribution in [0.4, 0.5) is 14.9 Å². The highest BCUT2D eigenvalue weighted by Gasteiger charge is 2.32. The van der Waals surface area contributed by atoms with Crippen LogP contribution >= 0.6 is 0 Å². The van der Waals surface area contributed by atoms with Crippen LogP contribution in [0.3, 0.4) is 0 Å². The Morgan fingerprint density at radius 2 is 2.11 bits per heavy atom. The molecule has 0 bridgehead atoms. The number of halogens is 1. The van der Waals surface area contributed by atoms with Crippen molar-refractivity contribution in [3.05, 3.63) is 39.6 Å². The molecule has 0 spiro atoms. The number of rotatable bonds is 4. The summed E-state index contributed by atoms with van der Waals surface area (Å²) < 4.78 is 20.9. The Labute approximate surface area is 161 Å². The van der Waals surface area contributed by atoms with Crippen molar-refractivity contribution in [3.63, 3.8) is 0 Å². The van der Waals surface area contributed by atoms with Gasteiger partial charge in [0.25, 0.3) is 5.56 Å². The zero-order chi connectivity index (χ0) is 20.2. The molecule has 2 fully saturated rings. The van der Waals surface area contributed by atoms with E-state index in [-0.39, 0.29) is 17.7 Å². The van der Waals surface area contributed by atoms with Crippen molar-refractivity contribution in [2.45, 2.75) is 45.1 Å². The molecule has 3 heterocycles. The molecule has 2 atom stereocenters. The number of hydrogen-bond acceptors (Lipinski definition) is 5. The van der Waals surface area contributed by atoms with Crippen molar-refractivity contribution in [2.24, 2.45) is 11.7 Å². The second kappa shape index (κ2) is 6.77. The summed E-state index contributed by atoms with van der Waals surface area (Å²) in [7, 11) is 0. The van der Waals surface area contributed by atoms with E-state index in [9.17, 15) is 9.59 Å². The number of ether oxygens (including phenoxy) is 1. The number of aryl methyl sites for hydroxylation is 1. The average molecular weight is 389 g/mol. The highest BCUT2D eigenvalue weighted by atomic mass is 19.1. The first-order chi connectivity index (χ1) is 13.3. The fraction of sp³-hybridized carbons (Fsp3) is 0.500. The molecule has 1 aliphatic carbocycles. The van der Waals surface area contributed by atoms with E-state index >= 15 is 4.39 Å². The summed E-state index contributed by atoms with van der Waals surface area (Å²) in [4.78, 5) is 25.7. The molecule has 2 aromatic rings. The Hall–Kier alpha value is -2.61. The summed E-state index contributed by atoms with van der Waals surface area (Å²) in [5, 5.41) is 8.91. The molecule has 1 saturated heterocycles. The number of fused-ring (bicyclic) bond motifs is 1. The number of hydrogen-bond donors (Lipinski definition) is 2. The summed E-state index contributed by atoms with van der Waals surface area (Å²) in [6.45, 7) is 5.17. The van der Waals surface area contributed by atoms with Crippen LogP contribution < -0.4 is 20.9 Å². The summed E-state index contributed by atoms with van der Waals surface area (Å²) in [5.41, 5.74) is 8.01. The van der Waals surface area contributed by atoms with Crippen LogP contribution in [-0.4, -0.2) is 34.8 Å². The van der Waals surface area contributed by atoms with E-state index < -0.39 is 17.5 Å². The SMILES string of the molecule is Cc1c(N2CC[C@@H](C(C)N)C2)c(F)cn2c(=O)c(OC(=O)O)cc(C3CC3)c12. The number of pyridine rings is 2. The smallest absolute Gasteiger partial charge is 0.449 e. The molecule has 4 rings (SSSR count). The first kappa shape index (κ1) is 18.7. The largest absolute Gasteiger partial charge is 0.511 e. The summed E-state index contributed by atoms with van der Waals surface area (Å²) in [5.74, 6) is -0.283. The fourth-order valence-corrected chi connectivity index (χ4v) is 4.30. The van der Waals surface area contributed by atoms with Gasteiger partial charge in [0, 0.05) is 19.1 Å². The predicted molar refractivity (Wildman–Crippen MR) is 103 cm³/mol. The van der Waals surface area contributed by atoms with Gasteiger partial charge in [0.15, 0.2) is 11.6 Å². The Morgan fingerprint density at radius 3 is 2.68 bits per heavy atom. The van der Waals surface area contributed by atoms with E-state index in [1.54, 1.807) is 0 Å². The minimum Gasteiger partial charge on any atom is -0.449 e. The maximum Gasteiger partial charge on any atom is 0.511 e. The van der Waals surface area contributed by atoms with E-state index in [4.69, 9.17) is 10.8 Å². The average Bonchev–Trinajstić information content (AvgIpc) is 3.34. The third kappa shape index (κ3) is 3.11. The maximum absolute atomic E-state index is 15.1. The molecule has 0 aromatic carbocycles.